The number of sulfonamides is 1. The van der Waals surface area contributed by atoms with Gasteiger partial charge in [-0.05, 0) is 54.4 Å². The first-order valence-electron chi connectivity index (χ1n) is 11.0. The minimum atomic E-state index is -3.43. The van der Waals surface area contributed by atoms with Crippen LogP contribution in [0.25, 0.3) is 10.9 Å². The van der Waals surface area contributed by atoms with E-state index in [0.29, 0.717) is 45.5 Å². The Balaban J connectivity index is 1.82. The molecule has 4 rings (SSSR count). The van der Waals surface area contributed by atoms with Gasteiger partial charge < -0.3 is 15.2 Å². The molecule has 10 heteroatoms. The second-order valence-corrected chi connectivity index (χ2v) is 10.4. The molecule has 3 aromatic carbocycles. The average Bonchev–Trinajstić information content (AvgIpc) is 3.15. The van der Waals surface area contributed by atoms with E-state index < -0.39 is 21.8 Å². The van der Waals surface area contributed by atoms with Gasteiger partial charge in [-0.1, -0.05) is 24.3 Å². The first-order chi connectivity index (χ1) is 17.0. The van der Waals surface area contributed by atoms with Gasteiger partial charge in [-0.2, -0.15) is 0 Å². The first-order valence-corrected chi connectivity index (χ1v) is 12.8. The number of aromatic nitrogens is 1. The van der Waals surface area contributed by atoms with Crippen LogP contribution in [-0.2, 0) is 21.2 Å². The number of rotatable bonds is 8. The summed E-state index contributed by atoms with van der Waals surface area (Å²) < 4.78 is 38.6. The average molecular weight is 510 g/mol. The molecule has 4 aromatic rings. The zero-order valence-electron chi connectivity index (χ0n) is 19.6. The lowest BCUT2D eigenvalue weighted by atomic mass is 9.98. The van der Waals surface area contributed by atoms with Crippen LogP contribution in [0.3, 0.4) is 0 Å². The van der Waals surface area contributed by atoms with Gasteiger partial charge in [-0.25, -0.2) is 17.8 Å². The highest BCUT2D eigenvalue weighted by atomic mass is 32.2. The third kappa shape index (κ3) is 5.38. The summed E-state index contributed by atoms with van der Waals surface area (Å²) >= 11 is 0. The molecule has 186 valence electrons. The molecule has 1 aromatic heterocycles. The molecular formula is C26H24FN3O5S. The molecular weight excluding hydrogens is 485 g/mol. The van der Waals surface area contributed by atoms with Crippen molar-refractivity contribution in [2.45, 2.75) is 12.8 Å². The topological polar surface area (TPSA) is 123 Å². The molecule has 0 saturated carbocycles. The van der Waals surface area contributed by atoms with E-state index in [1.807, 2.05) is 0 Å². The quantitative estimate of drug-likeness (QED) is 0.300. The largest absolute Gasteiger partial charge is 0.494 e. The van der Waals surface area contributed by atoms with Crippen molar-refractivity contribution in [2.24, 2.45) is 4.99 Å². The Kier molecular flexibility index (Phi) is 6.80. The summed E-state index contributed by atoms with van der Waals surface area (Å²) in [4.78, 5) is 18.4. The third-order valence-electron chi connectivity index (χ3n) is 5.78. The van der Waals surface area contributed by atoms with Crippen LogP contribution < -0.4 is 4.31 Å². The van der Waals surface area contributed by atoms with Crippen LogP contribution in [-0.4, -0.2) is 48.6 Å². The Morgan fingerprint density at radius 1 is 1.06 bits per heavy atom. The molecule has 8 nitrogen and oxygen atoms in total. The zero-order valence-corrected chi connectivity index (χ0v) is 20.4. The Morgan fingerprint density at radius 3 is 2.33 bits per heavy atom. The Bertz CT molecular complexity index is 1560. The van der Waals surface area contributed by atoms with Crippen molar-refractivity contribution in [3.8, 4) is 5.88 Å². The van der Waals surface area contributed by atoms with Crippen molar-refractivity contribution in [1.29, 1.82) is 0 Å². The molecule has 0 unspecified atom stereocenters. The number of fused-ring (bicyclic) bond motifs is 1. The lowest BCUT2D eigenvalue weighted by Gasteiger charge is -2.16. The Labute approximate surface area is 207 Å². The standard InChI is InChI=1S/C26H24FN3O5S/c1-30(36(2,34)35)20-11-9-19(10-12-20)28-25(17-6-3-16(4-7-17)5-14-23(31)32)24-21-13-8-18(27)15-22(21)29-26(24)33/h3-4,6-13,15,29,33H,5,14H2,1-2H3,(H,31,32). The number of aliphatic imine (C=N–C) groups is 1. The van der Waals surface area contributed by atoms with Gasteiger partial charge in [0.05, 0.1) is 34.4 Å². The minimum absolute atomic E-state index is 0.00334. The van der Waals surface area contributed by atoms with E-state index in [1.165, 1.54) is 19.2 Å². The Morgan fingerprint density at radius 2 is 1.72 bits per heavy atom. The van der Waals surface area contributed by atoms with Crippen LogP contribution in [0, 0.1) is 5.82 Å². The van der Waals surface area contributed by atoms with E-state index in [1.54, 1.807) is 54.6 Å². The van der Waals surface area contributed by atoms with E-state index in [9.17, 15) is 22.7 Å². The fourth-order valence-corrected chi connectivity index (χ4v) is 4.30. The number of carboxylic acids is 1. The van der Waals surface area contributed by atoms with E-state index in [-0.39, 0.29) is 12.3 Å². The van der Waals surface area contributed by atoms with Gasteiger partial charge in [0.25, 0.3) is 0 Å². The molecule has 0 spiro atoms. The van der Waals surface area contributed by atoms with Gasteiger partial charge in [0.1, 0.15) is 5.82 Å². The second-order valence-electron chi connectivity index (χ2n) is 8.34. The van der Waals surface area contributed by atoms with Gasteiger partial charge >= 0.3 is 5.97 Å². The summed E-state index contributed by atoms with van der Waals surface area (Å²) in [7, 11) is -1.97. The number of aromatic amines is 1. The molecule has 0 radical (unpaired) electrons. The summed E-state index contributed by atoms with van der Waals surface area (Å²) in [6.07, 6.45) is 1.48. The normalized spacial score (nSPS) is 12.1. The SMILES string of the molecule is CN(c1ccc(N=C(c2ccc(CCC(=O)O)cc2)c2c(O)[nH]c3cc(F)ccc23)cc1)S(C)(=O)=O. The van der Waals surface area contributed by atoms with Crippen molar-refractivity contribution in [3.63, 3.8) is 0 Å². The monoisotopic (exact) mass is 509 g/mol. The number of carboxylic acid groups (broad SMARTS) is 1. The summed E-state index contributed by atoms with van der Waals surface area (Å²) in [5.74, 6) is -1.53. The van der Waals surface area contributed by atoms with Crippen LogP contribution in [0.2, 0.25) is 0 Å². The maximum Gasteiger partial charge on any atom is 0.303 e. The molecule has 0 aliphatic carbocycles. The van der Waals surface area contributed by atoms with Gasteiger partial charge in [-0.3, -0.25) is 9.10 Å². The van der Waals surface area contributed by atoms with E-state index >= 15 is 0 Å². The number of aliphatic carboxylic acids is 1. The first kappa shape index (κ1) is 24.9. The summed E-state index contributed by atoms with van der Waals surface area (Å²) in [5.41, 5.74) is 3.62. The van der Waals surface area contributed by atoms with Crippen LogP contribution >= 0.6 is 0 Å². The molecule has 0 bridgehead atoms. The maximum absolute atomic E-state index is 13.8. The number of hydrogen-bond acceptors (Lipinski definition) is 5. The van der Waals surface area contributed by atoms with E-state index in [0.717, 1.165) is 16.1 Å². The van der Waals surface area contributed by atoms with Crippen LogP contribution in [0.4, 0.5) is 15.8 Å². The zero-order chi connectivity index (χ0) is 26.0. The fraction of sp³-hybridized carbons (Fsp3) is 0.154. The molecule has 0 amide bonds. The third-order valence-corrected chi connectivity index (χ3v) is 6.99. The molecule has 0 aliphatic rings. The van der Waals surface area contributed by atoms with Crippen molar-refractivity contribution >= 4 is 44.0 Å². The van der Waals surface area contributed by atoms with Gasteiger partial charge in [0.15, 0.2) is 5.88 Å². The number of hydrogen-bond donors (Lipinski definition) is 3. The summed E-state index contributed by atoms with van der Waals surface area (Å²) in [6.45, 7) is 0. The number of halogens is 1. The number of nitrogens with one attached hydrogen (secondary N) is 1. The smallest absolute Gasteiger partial charge is 0.303 e. The minimum Gasteiger partial charge on any atom is -0.494 e. The van der Waals surface area contributed by atoms with E-state index in [2.05, 4.69) is 4.98 Å². The molecule has 0 atom stereocenters. The highest BCUT2D eigenvalue weighted by Crippen LogP contribution is 2.32. The molecule has 3 N–H and O–H groups in total. The number of aromatic hydroxyl groups is 1. The predicted molar refractivity (Wildman–Crippen MR) is 137 cm³/mol. The molecule has 0 fully saturated rings. The van der Waals surface area contributed by atoms with Gasteiger partial charge in [-0.15, -0.1) is 0 Å². The number of aryl methyl sites for hydroxylation is 1. The van der Waals surface area contributed by atoms with Crippen LogP contribution in [0.5, 0.6) is 5.88 Å². The number of H-pyrrole nitrogens is 1. The fourth-order valence-electron chi connectivity index (χ4n) is 3.80. The summed E-state index contributed by atoms with van der Waals surface area (Å²) in [5, 5.41) is 20.3. The molecule has 0 saturated heterocycles. The van der Waals surface area contributed by atoms with Gasteiger partial charge in [0.2, 0.25) is 10.0 Å². The van der Waals surface area contributed by atoms with Crippen molar-refractivity contribution < 1.29 is 27.8 Å². The molecule has 36 heavy (non-hydrogen) atoms. The highest BCUT2D eigenvalue weighted by molar-refractivity contribution is 7.92. The van der Waals surface area contributed by atoms with E-state index in [4.69, 9.17) is 10.1 Å². The van der Waals surface area contributed by atoms with Crippen molar-refractivity contribution in [3.05, 3.63) is 89.2 Å². The lowest BCUT2D eigenvalue weighted by molar-refractivity contribution is -0.136. The molecule has 1 heterocycles. The maximum atomic E-state index is 13.8. The summed E-state index contributed by atoms with van der Waals surface area (Å²) in [6, 6.07) is 17.8. The Hall–Kier alpha value is -4.18. The van der Waals surface area contributed by atoms with Gasteiger partial charge in [0, 0.05) is 24.4 Å². The predicted octanol–water partition coefficient (Wildman–Crippen LogP) is 4.59. The van der Waals surface area contributed by atoms with Crippen LogP contribution in [0.15, 0.2) is 71.7 Å². The van der Waals surface area contributed by atoms with Crippen molar-refractivity contribution in [2.75, 3.05) is 17.6 Å². The van der Waals surface area contributed by atoms with Crippen molar-refractivity contribution in [1.82, 2.24) is 4.98 Å². The number of benzene rings is 3. The number of anilines is 1. The second kappa shape index (κ2) is 9.82. The number of carbonyl (C=O) groups is 1. The number of nitrogens with zero attached hydrogens (tertiary/aromatic N) is 2. The van der Waals surface area contributed by atoms with Crippen LogP contribution in [0.1, 0.15) is 23.1 Å². The highest BCUT2D eigenvalue weighted by Gasteiger charge is 2.19. The lowest BCUT2D eigenvalue weighted by Crippen LogP contribution is -2.24. The molecule has 0 aliphatic heterocycles.